The van der Waals surface area contributed by atoms with Crippen LogP contribution < -0.4 is 0 Å². The van der Waals surface area contributed by atoms with Crippen LogP contribution in [0.4, 0.5) is 0 Å². The molecule has 6 rings (SSSR count). The average Bonchev–Trinajstić information content (AvgIpc) is 1.80. The number of aliphatic hydroxyl groups is 4. The first-order valence-corrected chi connectivity index (χ1v) is 44.0. The van der Waals surface area contributed by atoms with Crippen LogP contribution >= 0.6 is 0 Å². The molecule has 0 heterocycles. The zero-order chi connectivity index (χ0) is 64.2. The Morgan fingerprint density at radius 2 is 0.941 bits per heavy atom. The fourth-order valence-electron chi connectivity index (χ4n) is 16.6. The SMILES string of the molecule is C[C@@H](CCCC(C)(C)C)C1CCC2/C(=C/C=C3C[C@@H](O[Si](C)(C)C(C)(C)C)C(CCO[Si](C)(C)C(C)(C)C)[C@H](O[Si](C)(C)C(C)(C)C)C3)CCCC21C.C[C@@H](CCCC(C)(C)O)C1CCC2/C(=C/C=C3C[C@@H](O)C(CCO)[C@H](O)C3)CCCC21C. The highest BCUT2D eigenvalue weighted by Gasteiger charge is 2.53. The van der Waals surface area contributed by atoms with Gasteiger partial charge >= 0.3 is 0 Å². The van der Waals surface area contributed by atoms with Crippen molar-refractivity contribution in [3.8, 4) is 0 Å². The molecule has 0 bridgehead atoms. The Labute approximate surface area is 529 Å². The van der Waals surface area contributed by atoms with Crippen LogP contribution in [0.5, 0.6) is 0 Å². The standard InChI is InChI=1S/C47H92O3Si3.C28H48O4/c1-35(23-21-30-43(2,3)4)39-27-28-40-37(24-22-31-47(39,40)14)26-25-36-33-41(49-52(17,18)45(8,9)10)38(29-32-48-51(15,16)44(5,6)7)42(34-36)50-53(19,20)46(11,12)13;1-19(7-5-14-27(2,3)32)23-11-12-24-21(8-6-15-28(23,24)4)10-9-20-17-25(30)22(13-16-29)26(31)18-20/h25-26,35,38-42H,21-24,27-34H2,1-20H3;9-10,19,22-26,29-32H,5-8,11-18H2,1-4H3/b36-25?,37-26+;20-9?,21-10+/t35-,38?,39?,40?,41+,42+,47?;19-,22?,23?,24?,25+,26+,28?/m00/s1. The van der Waals surface area contributed by atoms with Gasteiger partial charge in [0.2, 0.25) is 0 Å². The van der Waals surface area contributed by atoms with Crippen LogP contribution in [0.25, 0.3) is 0 Å². The molecular formula is C75H140O7Si3. The molecule has 10 heteroatoms. The number of hydrogen-bond acceptors (Lipinski definition) is 7. The zero-order valence-electron chi connectivity index (χ0n) is 60.2. The van der Waals surface area contributed by atoms with E-state index in [0.717, 1.165) is 68.0 Å². The quantitative estimate of drug-likeness (QED) is 0.0848. The highest BCUT2D eigenvalue weighted by atomic mass is 28.4. The molecule has 0 aromatic carbocycles. The van der Waals surface area contributed by atoms with E-state index in [0.29, 0.717) is 53.3 Å². The largest absolute Gasteiger partial charge is 0.417 e. The Balaban J connectivity index is 0.000000350. The van der Waals surface area contributed by atoms with E-state index >= 15 is 0 Å². The van der Waals surface area contributed by atoms with Gasteiger partial charge in [-0.2, -0.15) is 0 Å². The summed E-state index contributed by atoms with van der Waals surface area (Å²) in [5, 5.41) is 40.6. The topological polar surface area (TPSA) is 109 Å². The van der Waals surface area contributed by atoms with E-state index in [9.17, 15) is 20.4 Å². The minimum Gasteiger partial charge on any atom is -0.417 e. The first-order valence-electron chi connectivity index (χ1n) is 35.3. The Bertz CT molecular complexity index is 2170. The van der Waals surface area contributed by atoms with Crippen LogP contribution in [0.15, 0.2) is 46.6 Å². The second-order valence-electron chi connectivity index (χ2n) is 36.5. The van der Waals surface area contributed by atoms with E-state index < -0.39 is 42.8 Å². The minimum atomic E-state index is -2.04. The average molecular weight is 1240 g/mol. The number of allylic oxidation sites excluding steroid dienone is 6. The Morgan fingerprint density at radius 3 is 1.32 bits per heavy atom. The summed E-state index contributed by atoms with van der Waals surface area (Å²) in [6.07, 6.45) is 34.0. The summed E-state index contributed by atoms with van der Waals surface area (Å²) >= 11 is 0. The van der Waals surface area contributed by atoms with Crippen molar-refractivity contribution in [2.24, 2.45) is 63.6 Å². The summed E-state index contributed by atoms with van der Waals surface area (Å²) in [6.45, 7) is 58.0. The van der Waals surface area contributed by atoms with Gasteiger partial charge in [0.25, 0.3) is 0 Å². The third-order valence-electron chi connectivity index (χ3n) is 25.1. The summed E-state index contributed by atoms with van der Waals surface area (Å²) in [5.74, 6) is 4.64. The maximum Gasteiger partial charge on any atom is 0.192 e. The van der Waals surface area contributed by atoms with Gasteiger partial charge in [0.1, 0.15) is 0 Å². The number of hydrogen-bond donors (Lipinski definition) is 4. The number of aliphatic hydroxyl groups excluding tert-OH is 3. The van der Waals surface area contributed by atoms with Crippen molar-refractivity contribution < 1.29 is 33.7 Å². The second-order valence-corrected chi connectivity index (χ2v) is 50.8. The fraction of sp³-hybridized carbons (Fsp3) is 0.893. The Kier molecular flexibility index (Phi) is 26.1. The van der Waals surface area contributed by atoms with E-state index in [1.807, 2.05) is 13.8 Å². The van der Waals surface area contributed by atoms with Gasteiger partial charge in [0.05, 0.1) is 30.0 Å². The lowest BCUT2D eigenvalue weighted by Crippen LogP contribution is -2.53. The Hall–Kier alpha value is -0.669. The summed E-state index contributed by atoms with van der Waals surface area (Å²) in [7, 11) is -5.93. The number of rotatable bonds is 21. The van der Waals surface area contributed by atoms with Crippen molar-refractivity contribution >= 4 is 25.0 Å². The zero-order valence-corrected chi connectivity index (χ0v) is 63.2. The summed E-state index contributed by atoms with van der Waals surface area (Å²) < 4.78 is 21.9. The van der Waals surface area contributed by atoms with Crippen molar-refractivity contribution in [3.63, 3.8) is 0 Å². The van der Waals surface area contributed by atoms with Crippen molar-refractivity contribution in [2.45, 2.75) is 350 Å². The van der Waals surface area contributed by atoms with E-state index in [4.69, 9.17) is 13.3 Å². The predicted molar refractivity (Wildman–Crippen MR) is 372 cm³/mol. The van der Waals surface area contributed by atoms with Crippen molar-refractivity contribution in [1.29, 1.82) is 0 Å². The predicted octanol–water partition coefficient (Wildman–Crippen LogP) is 20.7. The van der Waals surface area contributed by atoms with Crippen LogP contribution in [0.1, 0.15) is 266 Å². The van der Waals surface area contributed by atoms with Gasteiger partial charge in [-0.05, 0) is 236 Å². The highest BCUT2D eigenvalue weighted by molar-refractivity contribution is 6.75. The van der Waals surface area contributed by atoms with Crippen molar-refractivity contribution in [3.05, 3.63) is 46.6 Å². The maximum absolute atomic E-state index is 10.4. The van der Waals surface area contributed by atoms with Gasteiger partial charge in [-0.15, -0.1) is 0 Å². The fourth-order valence-corrected chi connectivity index (χ4v) is 20.4. The lowest BCUT2D eigenvalue weighted by Gasteiger charge is -2.49. The van der Waals surface area contributed by atoms with Gasteiger partial charge in [0, 0.05) is 25.0 Å². The molecule has 0 saturated heterocycles. The summed E-state index contributed by atoms with van der Waals surface area (Å²) in [5.41, 5.74) is 6.69. The van der Waals surface area contributed by atoms with E-state index in [-0.39, 0.29) is 39.8 Å². The molecule has 6 unspecified atom stereocenters. The first-order chi connectivity index (χ1) is 38.9. The molecule has 0 amide bonds. The molecule has 6 aliphatic carbocycles. The van der Waals surface area contributed by atoms with Crippen molar-refractivity contribution in [2.75, 3.05) is 13.2 Å². The molecular weight excluding hydrogens is 1100 g/mol. The van der Waals surface area contributed by atoms with Gasteiger partial charge < -0.3 is 33.7 Å². The first kappa shape index (κ1) is 75.1. The molecule has 7 nitrogen and oxygen atoms in total. The summed E-state index contributed by atoms with van der Waals surface area (Å²) in [4.78, 5) is 0. The monoisotopic (exact) mass is 1240 g/mol. The lowest BCUT2D eigenvalue weighted by molar-refractivity contribution is -0.0163. The van der Waals surface area contributed by atoms with E-state index in [1.165, 1.54) is 89.9 Å². The van der Waals surface area contributed by atoms with Gasteiger partial charge in [-0.1, -0.05) is 183 Å². The molecule has 0 radical (unpaired) electrons. The Morgan fingerprint density at radius 1 is 0.541 bits per heavy atom. The molecule has 494 valence electrons. The van der Waals surface area contributed by atoms with Crippen LogP contribution in [0.2, 0.25) is 54.4 Å². The van der Waals surface area contributed by atoms with Gasteiger partial charge in [0.15, 0.2) is 25.0 Å². The molecule has 6 aliphatic rings. The molecule has 85 heavy (non-hydrogen) atoms. The molecule has 12 atom stereocenters. The van der Waals surface area contributed by atoms with Crippen LogP contribution in [-0.2, 0) is 13.3 Å². The van der Waals surface area contributed by atoms with Crippen LogP contribution in [-0.4, -0.2) is 88.6 Å². The highest BCUT2D eigenvalue weighted by Crippen LogP contribution is 2.62. The minimum absolute atomic E-state index is 0.0134. The number of fused-ring (bicyclic) bond motifs is 2. The van der Waals surface area contributed by atoms with Gasteiger partial charge in [-0.3, -0.25) is 0 Å². The molecule has 6 fully saturated rings. The van der Waals surface area contributed by atoms with Crippen LogP contribution in [0.3, 0.4) is 0 Å². The molecule has 4 N–H and O–H groups in total. The third-order valence-corrected chi connectivity index (χ3v) is 38.6. The van der Waals surface area contributed by atoms with Gasteiger partial charge in [-0.25, -0.2) is 0 Å². The smallest absolute Gasteiger partial charge is 0.192 e. The molecule has 0 aromatic rings. The lowest BCUT2D eigenvalue weighted by atomic mass is 9.60. The normalized spacial score (nSPS) is 32.9. The van der Waals surface area contributed by atoms with Crippen molar-refractivity contribution in [1.82, 2.24) is 0 Å². The molecule has 6 saturated carbocycles. The second kappa shape index (κ2) is 29.5. The molecule has 0 spiro atoms. The summed E-state index contributed by atoms with van der Waals surface area (Å²) in [6, 6.07) is 0. The third kappa shape index (κ3) is 19.9. The van der Waals surface area contributed by atoms with E-state index in [1.54, 1.807) is 16.7 Å². The van der Waals surface area contributed by atoms with E-state index in [2.05, 4.69) is 174 Å². The maximum atomic E-state index is 10.4. The molecule has 0 aliphatic heterocycles. The molecule has 0 aromatic heterocycles. The van der Waals surface area contributed by atoms with Crippen LogP contribution in [0, 0.1) is 63.6 Å².